The van der Waals surface area contributed by atoms with E-state index in [1.165, 1.54) is 0 Å². The molecular weight excluding hydrogens is 405 g/mol. The largest absolute Gasteiger partial charge is 0.369 e. The normalized spacial score (nSPS) is 10.3. The first-order chi connectivity index (χ1) is 9.52. The lowest BCUT2D eigenvalue weighted by Crippen LogP contribution is -2.32. The van der Waals surface area contributed by atoms with Crippen molar-refractivity contribution in [3.8, 4) is 0 Å². The Labute approximate surface area is 141 Å². The molecule has 0 spiro atoms. The quantitative estimate of drug-likeness (QED) is 0.329. The zero-order valence-corrected chi connectivity index (χ0v) is 14.5. The number of halogens is 2. The van der Waals surface area contributed by atoms with E-state index in [0.717, 1.165) is 14.2 Å². The van der Waals surface area contributed by atoms with Crippen LogP contribution in [0.1, 0.15) is 0 Å². The summed E-state index contributed by atoms with van der Waals surface area (Å²) in [5, 5.41) is 8.42. The van der Waals surface area contributed by atoms with Crippen LogP contribution in [-0.2, 0) is 0 Å². The first-order valence-electron chi connectivity index (χ1n) is 5.76. The molecule has 2 rings (SSSR count). The molecule has 20 heavy (non-hydrogen) atoms. The van der Waals surface area contributed by atoms with Gasteiger partial charge in [0, 0.05) is 8.47 Å². The number of thioether (sulfide) groups is 1. The summed E-state index contributed by atoms with van der Waals surface area (Å²) in [4.78, 5) is 2.71. The van der Waals surface area contributed by atoms with Crippen molar-refractivity contribution in [1.82, 2.24) is 0 Å². The molecule has 0 bridgehead atoms. The van der Waals surface area contributed by atoms with E-state index >= 15 is 0 Å². The first kappa shape index (κ1) is 15.5. The van der Waals surface area contributed by atoms with Crippen molar-refractivity contribution in [2.45, 2.75) is 4.90 Å². The molecule has 0 aliphatic rings. The van der Waals surface area contributed by atoms with E-state index in [0.29, 0.717) is 10.7 Å². The molecule has 2 aromatic rings. The van der Waals surface area contributed by atoms with Crippen molar-refractivity contribution in [3.05, 3.63) is 51.1 Å². The second-order valence-electron chi connectivity index (χ2n) is 4.02. The third-order valence-electron chi connectivity index (χ3n) is 2.70. The average Bonchev–Trinajstić information content (AvgIpc) is 2.41. The molecule has 3 N–H and O–H groups in total. The monoisotopic (exact) mass is 417 g/mol. The lowest BCUT2D eigenvalue weighted by atomic mass is 10.2. The van der Waals surface area contributed by atoms with Gasteiger partial charge >= 0.3 is 0 Å². The van der Waals surface area contributed by atoms with E-state index in [9.17, 15) is 0 Å². The molecule has 0 aliphatic carbocycles. The van der Waals surface area contributed by atoms with Gasteiger partial charge in [-0.1, -0.05) is 17.7 Å². The Hall–Kier alpha value is -0.920. The van der Waals surface area contributed by atoms with Gasteiger partial charge in [0.2, 0.25) is 0 Å². The van der Waals surface area contributed by atoms with Gasteiger partial charge in [-0.2, -0.15) is 0 Å². The van der Waals surface area contributed by atoms with Gasteiger partial charge in [-0.05, 0) is 65.2 Å². The fraction of sp³-hybridized carbons (Fsp3) is 0.0714. The van der Waals surface area contributed by atoms with E-state index in [1.807, 2.05) is 48.7 Å². The van der Waals surface area contributed by atoms with Crippen LogP contribution in [0.5, 0.6) is 0 Å². The Morgan fingerprint density at radius 3 is 2.65 bits per heavy atom. The number of nitrogens with one attached hydrogen (secondary N) is 1. The number of nitrogens with zero attached hydrogens (tertiary/aromatic N) is 1. The summed E-state index contributed by atoms with van der Waals surface area (Å²) in [5.41, 5.74) is 7.29. The molecule has 0 unspecified atom stereocenters. The highest BCUT2D eigenvalue weighted by Gasteiger charge is 2.16. The minimum Gasteiger partial charge on any atom is -0.369 e. The summed E-state index contributed by atoms with van der Waals surface area (Å²) < 4.78 is 1.07. The van der Waals surface area contributed by atoms with Crippen molar-refractivity contribution >= 4 is 63.3 Å². The summed E-state index contributed by atoms with van der Waals surface area (Å²) >= 11 is 10.1. The summed E-state index contributed by atoms with van der Waals surface area (Å²) in [7, 11) is 0. The topological polar surface area (TPSA) is 53.1 Å². The average molecular weight is 418 g/mol. The van der Waals surface area contributed by atoms with Gasteiger partial charge in [0.1, 0.15) is 0 Å². The van der Waals surface area contributed by atoms with Crippen LogP contribution in [0.3, 0.4) is 0 Å². The SMILES string of the molecule is CSc1ccc(Cl)c(N(C(=N)N)c2cccc(I)c2)c1. The highest BCUT2D eigenvalue weighted by molar-refractivity contribution is 14.1. The molecule has 2 aromatic carbocycles. The van der Waals surface area contributed by atoms with Gasteiger partial charge in [0.05, 0.1) is 16.4 Å². The van der Waals surface area contributed by atoms with Crippen LogP contribution < -0.4 is 10.6 Å². The molecule has 0 heterocycles. The molecule has 0 saturated heterocycles. The summed E-state index contributed by atoms with van der Waals surface area (Å²) in [5.74, 6) is -0.0628. The molecule has 0 radical (unpaired) electrons. The maximum absolute atomic E-state index is 7.86. The number of rotatable bonds is 3. The highest BCUT2D eigenvalue weighted by atomic mass is 127. The second kappa shape index (κ2) is 6.69. The number of hydrogen-bond acceptors (Lipinski definition) is 2. The Balaban J connectivity index is 2.57. The van der Waals surface area contributed by atoms with Crippen molar-refractivity contribution in [2.24, 2.45) is 5.73 Å². The van der Waals surface area contributed by atoms with E-state index in [2.05, 4.69) is 22.6 Å². The van der Waals surface area contributed by atoms with Crippen LogP contribution in [0, 0.1) is 8.98 Å². The predicted molar refractivity (Wildman–Crippen MR) is 96.4 cm³/mol. The minimum absolute atomic E-state index is 0.0628. The molecular formula is C14H13ClIN3S. The van der Waals surface area contributed by atoms with Crippen LogP contribution in [-0.4, -0.2) is 12.2 Å². The van der Waals surface area contributed by atoms with Gasteiger partial charge in [-0.3, -0.25) is 10.3 Å². The minimum atomic E-state index is -0.0628. The summed E-state index contributed by atoms with van der Waals surface area (Å²) in [6, 6.07) is 13.5. The molecule has 0 aliphatic heterocycles. The van der Waals surface area contributed by atoms with Crippen LogP contribution in [0.2, 0.25) is 5.02 Å². The number of anilines is 2. The standard InChI is InChI=1S/C14H13ClIN3S/c1-20-11-5-6-12(15)13(8-11)19(14(17)18)10-4-2-3-9(16)7-10/h2-8H,1H3,(H3,17,18). The van der Waals surface area contributed by atoms with Crippen molar-refractivity contribution in [3.63, 3.8) is 0 Å². The van der Waals surface area contributed by atoms with Crippen molar-refractivity contribution < 1.29 is 0 Å². The van der Waals surface area contributed by atoms with Crippen molar-refractivity contribution in [1.29, 1.82) is 5.41 Å². The Morgan fingerprint density at radius 1 is 1.30 bits per heavy atom. The first-order valence-corrected chi connectivity index (χ1v) is 8.44. The van der Waals surface area contributed by atoms with Gasteiger partial charge in [0.15, 0.2) is 5.96 Å². The molecule has 6 heteroatoms. The zero-order chi connectivity index (χ0) is 14.7. The van der Waals surface area contributed by atoms with Gasteiger partial charge in [-0.15, -0.1) is 11.8 Å². The lowest BCUT2D eigenvalue weighted by Gasteiger charge is -2.24. The number of benzene rings is 2. The molecule has 0 aromatic heterocycles. The fourth-order valence-corrected chi connectivity index (χ4v) is 2.98. The van der Waals surface area contributed by atoms with Crippen LogP contribution in [0.25, 0.3) is 0 Å². The van der Waals surface area contributed by atoms with Gasteiger partial charge in [-0.25, -0.2) is 0 Å². The molecule has 0 amide bonds. The van der Waals surface area contributed by atoms with Gasteiger partial charge in [0.25, 0.3) is 0 Å². The zero-order valence-electron chi connectivity index (χ0n) is 10.7. The van der Waals surface area contributed by atoms with Crippen LogP contribution in [0.15, 0.2) is 47.4 Å². The third-order valence-corrected chi connectivity index (χ3v) is 4.42. The molecule has 3 nitrogen and oxygen atoms in total. The molecule has 0 fully saturated rings. The number of guanidine groups is 1. The lowest BCUT2D eigenvalue weighted by molar-refractivity contribution is 1.24. The Bertz CT molecular complexity index is 648. The smallest absolute Gasteiger partial charge is 0.197 e. The highest BCUT2D eigenvalue weighted by Crippen LogP contribution is 2.35. The summed E-state index contributed by atoms with van der Waals surface area (Å²) in [6.45, 7) is 0. The maximum Gasteiger partial charge on any atom is 0.197 e. The third kappa shape index (κ3) is 3.39. The Kier molecular flexibility index (Phi) is 5.17. The van der Waals surface area contributed by atoms with E-state index in [-0.39, 0.29) is 5.96 Å². The van der Waals surface area contributed by atoms with Crippen molar-refractivity contribution in [2.75, 3.05) is 11.2 Å². The molecule has 104 valence electrons. The van der Waals surface area contributed by atoms with Crippen LogP contribution >= 0.6 is 46.0 Å². The Morgan fingerprint density at radius 2 is 2.05 bits per heavy atom. The number of nitrogens with two attached hydrogens (primary N) is 1. The van der Waals surface area contributed by atoms with E-state index < -0.39 is 0 Å². The van der Waals surface area contributed by atoms with Gasteiger partial charge < -0.3 is 5.73 Å². The second-order valence-corrected chi connectivity index (χ2v) is 6.55. The van der Waals surface area contributed by atoms with E-state index in [1.54, 1.807) is 16.7 Å². The summed E-state index contributed by atoms with van der Waals surface area (Å²) in [6.07, 6.45) is 2.00. The van der Waals surface area contributed by atoms with E-state index in [4.69, 9.17) is 22.7 Å². The van der Waals surface area contributed by atoms with Crippen LogP contribution in [0.4, 0.5) is 11.4 Å². The molecule has 0 saturated carbocycles. The fourth-order valence-electron chi connectivity index (χ4n) is 1.81. The predicted octanol–water partition coefficient (Wildman–Crippen LogP) is 4.70. The molecule has 0 atom stereocenters. The number of hydrogen-bond donors (Lipinski definition) is 2. The maximum atomic E-state index is 7.86.